The van der Waals surface area contributed by atoms with Crippen molar-refractivity contribution >= 4 is 5.78 Å². The van der Waals surface area contributed by atoms with Crippen LogP contribution in [-0.4, -0.2) is 44.5 Å². The molecular weight excluding hydrogens is 314 g/mol. The van der Waals surface area contributed by atoms with Crippen molar-refractivity contribution in [1.29, 1.82) is 0 Å². The van der Waals surface area contributed by atoms with Crippen LogP contribution in [0.3, 0.4) is 0 Å². The first-order chi connectivity index (χ1) is 12.2. The molecule has 1 aliphatic rings. The number of carbonyl (C=O) groups is 1. The molecule has 3 rings (SSSR count). The highest BCUT2D eigenvalue weighted by Gasteiger charge is 2.24. The van der Waals surface area contributed by atoms with E-state index in [0.29, 0.717) is 29.4 Å². The number of likely N-dealkylation sites (tertiary alicyclic amines) is 1. The van der Waals surface area contributed by atoms with Gasteiger partial charge in [-0.15, -0.1) is 0 Å². The Bertz CT molecular complexity index is 714. The van der Waals surface area contributed by atoms with Gasteiger partial charge in [0, 0.05) is 25.1 Å². The molecule has 0 saturated carbocycles. The Morgan fingerprint density at radius 2 is 1.84 bits per heavy atom. The number of ketones is 1. The van der Waals surface area contributed by atoms with Gasteiger partial charge in [0.1, 0.15) is 0 Å². The van der Waals surface area contributed by atoms with Crippen LogP contribution in [0.2, 0.25) is 0 Å². The molecule has 1 fully saturated rings. The molecule has 2 aromatic carbocycles. The molecule has 0 aromatic heterocycles. The maximum atomic E-state index is 12.5. The number of benzene rings is 2. The fourth-order valence-electron chi connectivity index (χ4n) is 3.45. The van der Waals surface area contributed by atoms with E-state index < -0.39 is 0 Å². The minimum atomic E-state index is 0.143. The summed E-state index contributed by atoms with van der Waals surface area (Å²) in [5.74, 6) is 1.96. The third-order valence-corrected chi connectivity index (χ3v) is 4.90. The zero-order valence-corrected chi connectivity index (χ0v) is 14.9. The number of rotatable bonds is 7. The van der Waals surface area contributed by atoms with Crippen molar-refractivity contribution in [2.45, 2.75) is 18.8 Å². The first-order valence-electron chi connectivity index (χ1n) is 8.73. The van der Waals surface area contributed by atoms with Crippen molar-refractivity contribution in [3.05, 3.63) is 59.7 Å². The Labute approximate surface area is 149 Å². The van der Waals surface area contributed by atoms with Gasteiger partial charge in [0.05, 0.1) is 14.2 Å². The third-order valence-electron chi connectivity index (χ3n) is 4.90. The number of hydrogen-bond acceptors (Lipinski definition) is 4. The summed E-state index contributed by atoms with van der Waals surface area (Å²) in [5, 5.41) is 0. The van der Waals surface area contributed by atoms with Gasteiger partial charge >= 0.3 is 0 Å². The van der Waals surface area contributed by atoms with Gasteiger partial charge in [-0.3, -0.25) is 4.79 Å². The molecule has 25 heavy (non-hydrogen) atoms. The van der Waals surface area contributed by atoms with E-state index in [1.54, 1.807) is 32.4 Å². The highest BCUT2D eigenvalue weighted by atomic mass is 16.5. The van der Waals surface area contributed by atoms with E-state index in [9.17, 15) is 4.79 Å². The standard InChI is InChI=1S/C21H25NO3/c1-24-20-9-8-17(14-21(20)25-2)19(23)11-13-22-12-10-18(15-22)16-6-4-3-5-7-16/h3-9,14,18H,10-13,15H2,1-2H3/t18-/m0/s1. The molecule has 0 amide bonds. The van der Waals surface area contributed by atoms with Crippen LogP contribution in [0.25, 0.3) is 0 Å². The number of hydrogen-bond donors (Lipinski definition) is 0. The maximum Gasteiger partial charge on any atom is 0.164 e. The largest absolute Gasteiger partial charge is 0.493 e. The van der Waals surface area contributed by atoms with Crippen LogP contribution < -0.4 is 9.47 Å². The molecule has 0 radical (unpaired) electrons. The second kappa shape index (κ2) is 8.17. The maximum absolute atomic E-state index is 12.5. The molecule has 1 heterocycles. The normalized spacial score (nSPS) is 17.4. The summed E-state index contributed by atoms with van der Waals surface area (Å²) in [5.41, 5.74) is 2.08. The van der Waals surface area contributed by atoms with E-state index in [-0.39, 0.29) is 5.78 Å². The smallest absolute Gasteiger partial charge is 0.164 e. The highest BCUT2D eigenvalue weighted by Crippen LogP contribution is 2.29. The number of ether oxygens (including phenoxy) is 2. The van der Waals surface area contributed by atoms with Crippen molar-refractivity contribution in [2.75, 3.05) is 33.9 Å². The van der Waals surface area contributed by atoms with Gasteiger partial charge in [0.15, 0.2) is 17.3 Å². The monoisotopic (exact) mass is 339 g/mol. The minimum absolute atomic E-state index is 0.143. The molecule has 0 bridgehead atoms. The first-order valence-corrected chi connectivity index (χ1v) is 8.73. The molecule has 4 heteroatoms. The van der Waals surface area contributed by atoms with Gasteiger partial charge in [-0.25, -0.2) is 0 Å². The van der Waals surface area contributed by atoms with Crippen molar-refractivity contribution in [3.8, 4) is 11.5 Å². The highest BCUT2D eigenvalue weighted by molar-refractivity contribution is 5.96. The Morgan fingerprint density at radius 1 is 1.08 bits per heavy atom. The summed E-state index contributed by atoms with van der Waals surface area (Å²) in [4.78, 5) is 14.9. The van der Waals surface area contributed by atoms with Crippen molar-refractivity contribution < 1.29 is 14.3 Å². The van der Waals surface area contributed by atoms with Crippen LogP contribution in [0, 0.1) is 0 Å². The lowest BCUT2D eigenvalue weighted by Gasteiger charge is -2.16. The molecule has 4 nitrogen and oxygen atoms in total. The van der Waals surface area contributed by atoms with E-state index >= 15 is 0 Å². The van der Waals surface area contributed by atoms with Crippen LogP contribution in [0.5, 0.6) is 11.5 Å². The molecule has 2 aromatic rings. The average Bonchev–Trinajstić information content (AvgIpc) is 3.15. The summed E-state index contributed by atoms with van der Waals surface area (Å²) in [6, 6.07) is 16.0. The minimum Gasteiger partial charge on any atom is -0.493 e. The Morgan fingerprint density at radius 3 is 2.56 bits per heavy atom. The van der Waals surface area contributed by atoms with Crippen LogP contribution in [0.4, 0.5) is 0 Å². The quantitative estimate of drug-likeness (QED) is 0.720. The average molecular weight is 339 g/mol. The van der Waals surface area contributed by atoms with Crippen LogP contribution >= 0.6 is 0 Å². The SMILES string of the molecule is COc1ccc(C(=O)CCN2CC[C@H](c3ccccc3)C2)cc1OC. The van der Waals surface area contributed by atoms with E-state index in [0.717, 1.165) is 26.1 Å². The predicted octanol–water partition coefficient (Wildman–Crippen LogP) is 3.77. The lowest BCUT2D eigenvalue weighted by atomic mass is 9.99. The van der Waals surface area contributed by atoms with Crippen molar-refractivity contribution in [3.63, 3.8) is 0 Å². The molecule has 0 aliphatic carbocycles. The zero-order chi connectivity index (χ0) is 17.6. The lowest BCUT2D eigenvalue weighted by molar-refractivity contribution is 0.0968. The number of methoxy groups -OCH3 is 2. The van der Waals surface area contributed by atoms with Gasteiger partial charge < -0.3 is 14.4 Å². The molecule has 0 N–H and O–H groups in total. The van der Waals surface area contributed by atoms with Crippen LogP contribution in [0.1, 0.15) is 34.7 Å². The second-order valence-corrected chi connectivity index (χ2v) is 6.44. The third kappa shape index (κ3) is 4.20. The van der Waals surface area contributed by atoms with Crippen LogP contribution in [-0.2, 0) is 0 Å². The Hall–Kier alpha value is -2.33. The van der Waals surface area contributed by atoms with Crippen molar-refractivity contribution in [1.82, 2.24) is 4.90 Å². The molecule has 1 atom stereocenters. The Balaban J connectivity index is 1.55. The van der Waals surface area contributed by atoms with Gasteiger partial charge in [0.25, 0.3) is 0 Å². The van der Waals surface area contributed by atoms with E-state index in [1.807, 2.05) is 0 Å². The number of Topliss-reactive ketones (excluding diaryl/α,β-unsaturated/α-hetero) is 1. The number of nitrogens with zero attached hydrogens (tertiary/aromatic N) is 1. The fraction of sp³-hybridized carbons (Fsp3) is 0.381. The van der Waals surface area contributed by atoms with Gasteiger partial charge in [-0.05, 0) is 42.6 Å². The number of carbonyl (C=O) groups excluding carboxylic acids is 1. The molecule has 1 saturated heterocycles. The summed E-state index contributed by atoms with van der Waals surface area (Å²) in [7, 11) is 3.18. The van der Waals surface area contributed by atoms with E-state index in [2.05, 4.69) is 35.2 Å². The van der Waals surface area contributed by atoms with E-state index in [4.69, 9.17) is 9.47 Å². The molecule has 0 spiro atoms. The fourth-order valence-corrected chi connectivity index (χ4v) is 3.45. The molecule has 132 valence electrons. The summed E-state index contributed by atoms with van der Waals surface area (Å²) in [6.45, 7) is 2.89. The van der Waals surface area contributed by atoms with Gasteiger partial charge in [-0.1, -0.05) is 30.3 Å². The van der Waals surface area contributed by atoms with Gasteiger partial charge in [0.2, 0.25) is 0 Å². The summed E-state index contributed by atoms with van der Waals surface area (Å²) in [6.07, 6.45) is 1.69. The topological polar surface area (TPSA) is 38.8 Å². The summed E-state index contributed by atoms with van der Waals surface area (Å²) >= 11 is 0. The van der Waals surface area contributed by atoms with Gasteiger partial charge in [-0.2, -0.15) is 0 Å². The zero-order valence-electron chi connectivity index (χ0n) is 14.9. The Kier molecular flexibility index (Phi) is 5.71. The van der Waals surface area contributed by atoms with Crippen LogP contribution in [0.15, 0.2) is 48.5 Å². The molecule has 0 unspecified atom stereocenters. The predicted molar refractivity (Wildman–Crippen MR) is 98.7 cm³/mol. The molecule has 1 aliphatic heterocycles. The van der Waals surface area contributed by atoms with Crippen molar-refractivity contribution in [2.24, 2.45) is 0 Å². The van der Waals surface area contributed by atoms with E-state index in [1.165, 1.54) is 5.56 Å². The first kappa shape index (κ1) is 17.5. The lowest BCUT2D eigenvalue weighted by Crippen LogP contribution is -2.23. The second-order valence-electron chi connectivity index (χ2n) is 6.44. The summed E-state index contributed by atoms with van der Waals surface area (Å²) < 4.78 is 10.5. The molecular formula is C21H25NO3.